The molecule has 0 saturated carbocycles. The van der Waals surface area contributed by atoms with Crippen molar-refractivity contribution in [3.05, 3.63) is 40.3 Å². The fourth-order valence-corrected chi connectivity index (χ4v) is 2.83. The summed E-state index contributed by atoms with van der Waals surface area (Å²) in [6.45, 7) is 6.75. The van der Waals surface area contributed by atoms with E-state index < -0.39 is 0 Å². The monoisotopic (exact) mass is 362 g/mol. The van der Waals surface area contributed by atoms with Gasteiger partial charge in [-0.1, -0.05) is 6.92 Å². The normalized spacial score (nSPS) is 11.2. The summed E-state index contributed by atoms with van der Waals surface area (Å²) in [5.41, 5.74) is 1.01. The maximum Gasteiger partial charge on any atom is 0.191 e. The molecule has 2 N–H and O–H groups in total. The molecule has 0 fully saturated rings. The Labute approximate surface area is 153 Å². The second-order valence-corrected chi connectivity index (χ2v) is 6.17. The molecule has 25 heavy (non-hydrogen) atoms. The number of nitrogens with one attached hydrogen (secondary N) is 2. The number of aliphatic imine (C=N–C) groups is 1. The van der Waals surface area contributed by atoms with E-state index in [1.807, 2.05) is 31.2 Å². The molecule has 0 spiro atoms. The van der Waals surface area contributed by atoms with Crippen LogP contribution in [0.25, 0.3) is 0 Å². The van der Waals surface area contributed by atoms with E-state index in [2.05, 4.69) is 32.9 Å². The van der Waals surface area contributed by atoms with Crippen molar-refractivity contribution < 1.29 is 9.47 Å². The predicted molar refractivity (Wildman–Crippen MR) is 103 cm³/mol. The van der Waals surface area contributed by atoms with Gasteiger partial charge in [-0.05, 0) is 37.6 Å². The molecule has 0 radical (unpaired) electrons. The molecule has 0 amide bonds. The van der Waals surface area contributed by atoms with Gasteiger partial charge in [0.1, 0.15) is 18.1 Å². The molecule has 0 aliphatic rings. The molecule has 136 valence electrons. The van der Waals surface area contributed by atoms with Crippen LogP contribution in [0.5, 0.6) is 11.5 Å². The summed E-state index contributed by atoms with van der Waals surface area (Å²) in [6.07, 6.45) is 0.968. The van der Waals surface area contributed by atoms with E-state index in [4.69, 9.17) is 9.47 Å². The molecule has 1 aromatic heterocycles. The number of methoxy groups -OCH3 is 1. The van der Waals surface area contributed by atoms with Gasteiger partial charge in [-0.3, -0.25) is 0 Å². The molecule has 6 nitrogen and oxygen atoms in total. The summed E-state index contributed by atoms with van der Waals surface area (Å²) in [6, 6.07) is 7.55. The molecular weight excluding hydrogens is 336 g/mol. The van der Waals surface area contributed by atoms with E-state index >= 15 is 0 Å². The van der Waals surface area contributed by atoms with Crippen LogP contribution in [0.15, 0.2) is 34.6 Å². The molecule has 1 heterocycles. The first-order chi connectivity index (χ1) is 12.2. The van der Waals surface area contributed by atoms with Crippen molar-refractivity contribution in [1.82, 2.24) is 15.6 Å². The maximum atomic E-state index is 5.70. The van der Waals surface area contributed by atoms with Crippen LogP contribution in [0.4, 0.5) is 0 Å². The summed E-state index contributed by atoms with van der Waals surface area (Å²) in [7, 11) is 1.65. The van der Waals surface area contributed by atoms with Gasteiger partial charge in [0, 0.05) is 11.9 Å². The predicted octanol–water partition coefficient (Wildman–Crippen LogP) is 2.85. The van der Waals surface area contributed by atoms with Gasteiger partial charge in [0.2, 0.25) is 0 Å². The van der Waals surface area contributed by atoms with Crippen molar-refractivity contribution in [3.8, 4) is 11.5 Å². The Morgan fingerprint density at radius 3 is 2.56 bits per heavy atom. The number of aryl methyl sites for hydroxylation is 1. The van der Waals surface area contributed by atoms with Gasteiger partial charge in [-0.15, -0.1) is 11.3 Å². The quantitative estimate of drug-likeness (QED) is 0.408. The summed E-state index contributed by atoms with van der Waals surface area (Å²) in [5, 5.41) is 9.72. The minimum absolute atomic E-state index is 0.549. The second kappa shape index (κ2) is 10.6. The Bertz CT molecular complexity index is 655. The van der Waals surface area contributed by atoms with Gasteiger partial charge in [0.05, 0.1) is 30.9 Å². The zero-order chi connectivity index (χ0) is 17.9. The van der Waals surface area contributed by atoms with Crippen LogP contribution < -0.4 is 20.1 Å². The number of aromatic nitrogens is 1. The van der Waals surface area contributed by atoms with E-state index in [1.54, 1.807) is 18.4 Å². The highest BCUT2D eigenvalue weighted by molar-refractivity contribution is 7.09. The Kier molecular flexibility index (Phi) is 8.04. The van der Waals surface area contributed by atoms with E-state index in [9.17, 15) is 0 Å². The molecule has 2 aromatic rings. The average molecular weight is 362 g/mol. The molecule has 7 heteroatoms. The number of thiazole rings is 1. The van der Waals surface area contributed by atoms with E-state index in [0.717, 1.165) is 41.1 Å². The van der Waals surface area contributed by atoms with Gasteiger partial charge in [0.15, 0.2) is 5.96 Å². The number of nitrogens with zero attached hydrogens (tertiary/aromatic N) is 2. The van der Waals surface area contributed by atoms with Crippen LogP contribution in [-0.2, 0) is 13.0 Å². The van der Waals surface area contributed by atoms with E-state index in [1.165, 1.54) is 0 Å². The topological polar surface area (TPSA) is 67.8 Å². The van der Waals surface area contributed by atoms with E-state index in [-0.39, 0.29) is 0 Å². The minimum atomic E-state index is 0.549. The lowest BCUT2D eigenvalue weighted by atomic mass is 10.3. The zero-order valence-corrected chi connectivity index (χ0v) is 15.9. The molecule has 2 rings (SSSR count). The molecule has 0 saturated heterocycles. The Morgan fingerprint density at radius 2 is 1.92 bits per heavy atom. The van der Waals surface area contributed by atoms with Gasteiger partial charge >= 0.3 is 0 Å². The van der Waals surface area contributed by atoms with Crippen LogP contribution in [-0.4, -0.2) is 37.7 Å². The number of hydrogen-bond donors (Lipinski definition) is 2. The van der Waals surface area contributed by atoms with Crippen molar-refractivity contribution in [2.24, 2.45) is 4.99 Å². The van der Waals surface area contributed by atoms with Crippen molar-refractivity contribution in [2.75, 3.05) is 26.8 Å². The van der Waals surface area contributed by atoms with Crippen molar-refractivity contribution in [2.45, 2.75) is 26.8 Å². The van der Waals surface area contributed by atoms with Gasteiger partial charge in [-0.25, -0.2) is 9.98 Å². The fourth-order valence-electron chi connectivity index (χ4n) is 2.10. The highest BCUT2D eigenvalue weighted by Crippen LogP contribution is 2.16. The summed E-state index contributed by atoms with van der Waals surface area (Å²) >= 11 is 1.69. The van der Waals surface area contributed by atoms with Crippen LogP contribution >= 0.6 is 11.3 Å². The van der Waals surface area contributed by atoms with Crippen LogP contribution in [0.2, 0.25) is 0 Å². The molecule has 0 aliphatic carbocycles. The number of hydrogen-bond acceptors (Lipinski definition) is 5. The van der Waals surface area contributed by atoms with Crippen LogP contribution in [0.3, 0.4) is 0 Å². The van der Waals surface area contributed by atoms with Crippen molar-refractivity contribution in [3.63, 3.8) is 0 Å². The number of benzene rings is 1. The molecule has 0 aliphatic heterocycles. The number of rotatable bonds is 9. The second-order valence-electron chi connectivity index (χ2n) is 5.23. The Balaban J connectivity index is 1.76. The maximum absolute atomic E-state index is 5.70. The first kappa shape index (κ1) is 19.1. The lowest BCUT2D eigenvalue weighted by Gasteiger charge is -2.12. The first-order valence-electron chi connectivity index (χ1n) is 8.47. The lowest BCUT2D eigenvalue weighted by molar-refractivity contribution is 0.321. The third-order valence-electron chi connectivity index (χ3n) is 3.37. The molecule has 0 unspecified atom stereocenters. The van der Waals surface area contributed by atoms with E-state index in [0.29, 0.717) is 19.7 Å². The van der Waals surface area contributed by atoms with Crippen LogP contribution in [0.1, 0.15) is 24.5 Å². The summed E-state index contributed by atoms with van der Waals surface area (Å²) in [5.74, 6) is 2.41. The largest absolute Gasteiger partial charge is 0.497 e. The average Bonchev–Trinajstić information content (AvgIpc) is 3.11. The lowest BCUT2D eigenvalue weighted by Crippen LogP contribution is -2.39. The minimum Gasteiger partial charge on any atom is -0.497 e. The third-order valence-corrected chi connectivity index (χ3v) is 4.41. The molecule has 0 bridgehead atoms. The number of ether oxygens (including phenoxy) is 2. The van der Waals surface area contributed by atoms with Gasteiger partial charge in [0.25, 0.3) is 0 Å². The van der Waals surface area contributed by atoms with Crippen molar-refractivity contribution >= 4 is 17.3 Å². The van der Waals surface area contributed by atoms with Crippen LogP contribution in [0, 0.1) is 0 Å². The molecule has 1 aromatic carbocycles. The van der Waals surface area contributed by atoms with Gasteiger partial charge in [-0.2, -0.15) is 0 Å². The first-order valence-corrected chi connectivity index (χ1v) is 9.35. The summed E-state index contributed by atoms with van der Waals surface area (Å²) < 4.78 is 10.8. The molecule has 0 atom stereocenters. The van der Waals surface area contributed by atoms with Crippen molar-refractivity contribution in [1.29, 1.82) is 0 Å². The Hall–Kier alpha value is -2.28. The molecular formula is C18H26N4O2S. The highest BCUT2D eigenvalue weighted by Gasteiger charge is 2.02. The SMILES string of the molecule is CCNC(=NCc1csc(CC)n1)NCCOc1ccc(OC)cc1. The zero-order valence-electron chi connectivity index (χ0n) is 15.0. The number of guanidine groups is 1. The highest BCUT2D eigenvalue weighted by atomic mass is 32.1. The summed E-state index contributed by atoms with van der Waals surface area (Å²) in [4.78, 5) is 9.10. The fraction of sp³-hybridized carbons (Fsp3) is 0.444. The smallest absolute Gasteiger partial charge is 0.191 e. The standard InChI is InChI=1S/C18H26N4O2S/c1-4-17-22-14(13-25-17)12-21-18(19-5-2)20-10-11-24-16-8-6-15(23-3)7-9-16/h6-9,13H,4-5,10-12H2,1-3H3,(H2,19,20,21). The van der Waals surface area contributed by atoms with Gasteiger partial charge < -0.3 is 20.1 Å². The Morgan fingerprint density at radius 1 is 1.16 bits per heavy atom. The third kappa shape index (κ3) is 6.62.